The summed E-state index contributed by atoms with van der Waals surface area (Å²) in [7, 11) is 1.04. The third-order valence-corrected chi connectivity index (χ3v) is 4.41. The van der Waals surface area contributed by atoms with Gasteiger partial charge < -0.3 is 15.0 Å². The lowest BCUT2D eigenvalue weighted by atomic mass is 10.3. The van der Waals surface area contributed by atoms with E-state index in [1.807, 2.05) is 30.8 Å². The van der Waals surface area contributed by atoms with Crippen molar-refractivity contribution in [2.75, 3.05) is 30.5 Å². The van der Waals surface area contributed by atoms with Crippen LogP contribution < -0.4 is 10.6 Å². The lowest BCUT2D eigenvalue weighted by molar-refractivity contribution is 0.672. The van der Waals surface area contributed by atoms with Crippen LogP contribution in [0.4, 0.5) is 11.6 Å². The van der Waals surface area contributed by atoms with Gasteiger partial charge in [-0.15, -0.1) is 0 Å². The van der Waals surface area contributed by atoms with Crippen molar-refractivity contribution in [3.63, 3.8) is 0 Å². The minimum absolute atomic E-state index is 0.177. The topological polar surface area (TPSA) is 71.3 Å². The number of fused-ring (bicyclic) bond motifs is 1. The minimum Gasteiger partial charge on any atom is -0.372 e. The average Bonchev–Trinajstić information content (AvgIpc) is 2.86. The molecule has 0 spiro atoms. The van der Waals surface area contributed by atoms with Gasteiger partial charge in [0, 0.05) is 48.3 Å². The highest BCUT2D eigenvalue weighted by Gasteiger charge is 2.09. The maximum atomic E-state index is 11.3. The predicted octanol–water partition coefficient (Wildman–Crippen LogP) is 1.34. The number of hydrogen-bond acceptors (Lipinski definition) is 5. The summed E-state index contributed by atoms with van der Waals surface area (Å²) >= 11 is 0. The van der Waals surface area contributed by atoms with Gasteiger partial charge in [0.15, 0.2) is 11.5 Å². The zero-order valence-corrected chi connectivity index (χ0v) is 12.2. The Kier molecular flexibility index (Phi) is 4.36. The Labute approximate surface area is 115 Å². The van der Waals surface area contributed by atoms with E-state index in [9.17, 15) is 4.21 Å². The summed E-state index contributed by atoms with van der Waals surface area (Å²) in [6, 6.07) is 0. The molecule has 104 valence electrons. The van der Waals surface area contributed by atoms with Gasteiger partial charge in [0.25, 0.3) is 0 Å². The van der Waals surface area contributed by atoms with Crippen LogP contribution in [0.25, 0.3) is 5.65 Å². The van der Waals surface area contributed by atoms with Crippen LogP contribution in [0.15, 0.2) is 18.6 Å². The fourth-order valence-corrected chi connectivity index (χ4v) is 2.18. The molecule has 0 saturated carbocycles. The van der Waals surface area contributed by atoms with Crippen LogP contribution in [0, 0.1) is 0 Å². The Morgan fingerprint density at radius 2 is 2.32 bits per heavy atom. The van der Waals surface area contributed by atoms with Crippen molar-refractivity contribution in [1.29, 1.82) is 0 Å². The fraction of sp³-hybridized carbons (Fsp3) is 0.500. The molecule has 0 aromatic carbocycles. The SMILES string of the molecule is CNc1cn2ccnc2c(NCCC(C)S(C)=O)n1. The number of rotatable bonds is 6. The molecule has 0 saturated heterocycles. The highest BCUT2D eigenvalue weighted by atomic mass is 32.2. The van der Waals surface area contributed by atoms with Crippen LogP contribution in [-0.4, -0.2) is 43.7 Å². The maximum absolute atomic E-state index is 11.3. The summed E-state index contributed by atoms with van der Waals surface area (Å²) in [4.78, 5) is 8.73. The highest BCUT2D eigenvalue weighted by Crippen LogP contribution is 2.16. The number of anilines is 2. The van der Waals surface area contributed by atoms with Gasteiger partial charge in [-0.3, -0.25) is 4.21 Å². The van der Waals surface area contributed by atoms with Gasteiger partial charge in [-0.25, -0.2) is 9.97 Å². The molecule has 0 bridgehead atoms. The molecule has 0 radical (unpaired) electrons. The van der Waals surface area contributed by atoms with Crippen LogP contribution in [0.1, 0.15) is 13.3 Å². The van der Waals surface area contributed by atoms with Gasteiger partial charge in [0.05, 0.1) is 6.20 Å². The van der Waals surface area contributed by atoms with Gasteiger partial charge >= 0.3 is 0 Å². The Balaban J connectivity index is 2.11. The quantitative estimate of drug-likeness (QED) is 0.836. The molecular formula is C12H19N5OS. The van der Waals surface area contributed by atoms with Crippen LogP contribution >= 0.6 is 0 Å². The molecule has 2 aromatic rings. The molecule has 6 nitrogen and oxygen atoms in total. The highest BCUT2D eigenvalue weighted by molar-refractivity contribution is 7.84. The molecule has 2 heterocycles. The Bertz CT molecular complexity index is 583. The van der Waals surface area contributed by atoms with E-state index in [1.165, 1.54) is 0 Å². The Morgan fingerprint density at radius 3 is 3.00 bits per heavy atom. The summed E-state index contributed by atoms with van der Waals surface area (Å²) < 4.78 is 13.2. The zero-order valence-electron chi connectivity index (χ0n) is 11.4. The summed E-state index contributed by atoms with van der Waals surface area (Å²) in [5, 5.41) is 6.46. The van der Waals surface area contributed by atoms with E-state index < -0.39 is 10.8 Å². The maximum Gasteiger partial charge on any atom is 0.180 e. The normalized spacial score (nSPS) is 14.3. The lowest BCUT2D eigenvalue weighted by Crippen LogP contribution is -2.16. The van der Waals surface area contributed by atoms with Crippen LogP contribution in [0.5, 0.6) is 0 Å². The summed E-state index contributed by atoms with van der Waals surface area (Å²) in [6.07, 6.45) is 8.08. The molecule has 2 unspecified atom stereocenters. The van der Waals surface area contributed by atoms with Crippen molar-refractivity contribution in [3.05, 3.63) is 18.6 Å². The first-order chi connectivity index (χ1) is 9.11. The van der Waals surface area contributed by atoms with Gasteiger partial charge in [-0.05, 0) is 6.42 Å². The zero-order chi connectivity index (χ0) is 13.8. The van der Waals surface area contributed by atoms with E-state index >= 15 is 0 Å². The van der Waals surface area contributed by atoms with Crippen molar-refractivity contribution in [3.8, 4) is 0 Å². The van der Waals surface area contributed by atoms with E-state index in [0.29, 0.717) is 0 Å². The molecule has 2 rings (SSSR count). The smallest absolute Gasteiger partial charge is 0.180 e. The summed E-state index contributed by atoms with van der Waals surface area (Å²) in [5.41, 5.74) is 0.796. The third-order valence-electron chi connectivity index (χ3n) is 3.04. The molecule has 0 amide bonds. The first-order valence-electron chi connectivity index (χ1n) is 6.19. The van der Waals surface area contributed by atoms with Crippen molar-refractivity contribution in [1.82, 2.24) is 14.4 Å². The van der Waals surface area contributed by atoms with E-state index in [-0.39, 0.29) is 5.25 Å². The van der Waals surface area contributed by atoms with E-state index in [2.05, 4.69) is 20.6 Å². The largest absolute Gasteiger partial charge is 0.372 e. The van der Waals surface area contributed by atoms with Gasteiger partial charge in [-0.1, -0.05) is 6.92 Å². The first kappa shape index (κ1) is 13.8. The average molecular weight is 281 g/mol. The molecule has 19 heavy (non-hydrogen) atoms. The fourth-order valence-electron chi connectivity index (χ4n) is 1.73. The van der Waals surface area contributed by atoms with Crippen molar-refractivity contribution < 1.29 is 4.21 Å². The first-order valence-corrected chi connectivity index (χ1v) is 7.81. The second kappa shape index (κ2) is 6.01. The van der Waals surface area contributed by atoms with E-state index in [0.717, 1.165) is 30.2 Å². The van der Waals surface area contributed by atoms with Crippen LogP contribution in [0.2, 0.25) is 0 Å². The van der Waals surface area contributed by atoms with E-state index in [4.69, 9.17) is 0 Å². The minimum atomic E-state index is -0.787. The second-order valence-corrected chi connectivity index (χ2v) is 6.21. The van der Waals surface area contributed by atoms with Gasteiger partial charge in [-0.2, -0.15) is 0 Å². The molecule has 2 atom stereocenters. The van der Waals surface area contributed by atoms with Crippen molar-refractivity contribution >= 4 is 28.1 Å². The Morgan fingerprint density at radius 1 is 1.53 bits per heavy atom. The molecular weight excluding hydrogens is 262 g/mol. The van der Waals surface area contributed by atoms with Crippen LogP contribution in [-0.2, 0) is 10.8 Å². The molecule has 0 aliphatic rings. The second-order valence-electron chi connectivity index (χ2n) is 4.41. The lowest BCUT2D eigenvalue weighted by Gasteiger charge is -2.11. The predicted molar refractivity (Wildman–Crippen MR) is 79.2 cm³/mol. The number of aromatic nitrogens is 3. The molecule has 2 aromatic heterocycles. The number of nitrogens with one attached hydrogen (secondary N) is 2. The summed E-state index contributed by atoms with van der Waals surface area (Å²) in [5.74, 6) is 1.52. The summed E-state index contributed by atoms with van der Waals surface area (Å²) in [6.45, 7) is 2.71. The Hall–Kier alpha value is -1.63. The van der Waals surface area contributed by atoms with Crippen molar-refractivity contribution in [2.45, 2.75) is 18.6 Å². The molecule has 0 fully saturated rings. The number of imidazole rings is 1. The standard InChI is InChI=1S/C12H19N5OS/c1-9(19(3)18)4-5-14-11-12-15-6-7-17(12)8-10(13-2)16-11/h6-9,13H,4-5H2,1-3H3,(H,14,16). The van der Waals surface area contributed by atoms with Gasteiger partial charge in [0.2, 0.25) is 0 Å². The molecule has 2 N–H and O–H groups in total. The third kappa shape index (κ3) is 3.23. The molecule has 0 aliphatic heterocycles. The molecule has 0 aliphatic carbocycles. The number of hydrogen-bond donors (Lipinski definition) is 2. The monoisotopic (exact) mass is 281 g/mol. The van der Waals surface area contributed by atoms with Crippen molar-refractivity contribution in [2.24, 2.45) is 0 Å². The number of nitrogens with zero attached hydrogens (tertiary/aromatic N) is 3. The van der Waals surface area contributed by atoms with E-state index in [1.54, 1.807) is 12.5 Å². The van der Waals surface area contributed by atoms with Crippen LogP contribution in [0.3, 0.4) is 0 Å². The molecule has 7 heteroatoms. The van der Waals surface area contributed by atoms with Gasteiger partial charge in [0.1, 0.15) is 5.82 Å².